The molecule has 0 aliphatic heterocycles. The largest absolute Gasteiger partial charge is 0.315 e. The second kappa shape index (κ2) is 7.11. The summed E-state index contributed by atoms with van der Waals surface area (Å²) in [5.41, 5.74) is 0.951. The van der Waals surface area contributed by atoms with Crippen molar-refractivity contribution in [1.29, 1.82) is 5.26 Å². The van der Waals surface area contributed by atoms with Crippen LogP contribution in [0.2, 0.25) is 0 Å². The Hall–Kier alpha value is -2.30. The van der Waals surface area contributed by atoms with Gasteiger partial charge < -0.3 is 10.6 Å². The molecule has 1 heterocycles. The normalized spacial score (nSPS) is 11.7. The fourth-order valence-corrected chi connectivity index (χ4v) is 2.56. The molecule has 2 rings (SSSR count). The first-order valence-electron chi connectivity index (χ1n) is 6.47. The molecule has 1 aromatic carbocycles. The summed E-state index contributed by atoms with van der Waals surface area (Å²) in [4.78, 5) is 11.8. The number of carbonyl (C=O) groups is 1. The van der Waals surface area contributed by atoms with Gasteiger partial charge in [-0.25, -0.2) is 8.78 Å². The van der Waals surface area contributed by atoms with Crippen LogP contribution in [-0.2, 0) is 4.79 Å². The highest BCUT2D eigenvalue weighted by atomic mass is 32.1. The Morgan fingerprint density at radius 3 is 2.82 bits per heavy atom. The van der Waals surface area contributed by atoms with E-state index in [1.807, 2.05) is 6.07 Å². The predicted octanol–water partition coefficient (Wildman–Crippen LogP) is 3.19. The lowest BCUT2D eigenvalue weighted by atomic mass is 10.1. The number of thiophene rings is 1. The molecule has 0 radical (unpaired) electrons. The Balaban J connectivity index is 1.90. The summed E-state index contributed by atoms with van der Waals surface area (Å²) in [7, 11) is 0. The summed E-state index contributed by atoms with van der Waals surface area (Å²) in [6, 6.07) is 6.89. The second-order valence-corrected chi connectivity index (χ2v) is 5.52. The van der Waals surface area contributed by atoms with Gasteiger partial charge in [0.25, 0.3) is 0 Å². The van der Waals surface area contributed by atoms with Crippen LogP contribution in [0.3, 0.4) is 0 Å². The molecule has 7 heteroatoms. The number of nitrogens with one attached hydrogen (secondary N) is 2. The molecule has 1 amide bonds. The highest BCUT2D eigenvalue weighted by Gasteiger charge is 2.12. The zero-order valence-corrected chi connectivity index (χ0v) is 12.5. The summed E-state index contributed by atoms with van der Waals surface area (Å²) in [6.45, 7) is 1.73. The fourth-order valence-electron chi connectivity index (χ4n) is 1.81. The summed E-state index contributed by atoms with van der Waals surface area (Å²) in [5.74, 6) is -2.14. The topological polar surface area (TPSA) is 64.9 Å². The van der Waals surface area contributed by atoms with Crippen LogP contribution < -0.4 is 10.6 Å². The number of nitriles is 1. The molecule has 0 spiro atoms. The lowest BCUT2D eigenvalue weighted by Crippen LogP contribution is -2.30. The van der Waals surface area contributed by atoms with E-state index in [0.717, 1.165) is 12.1 Å². The number of rotatable bonds is 5. The van der Waals surface area contributed by atoms with Gasteiger partial charge in [-0.05, 0) is 36.1 Å². The van der Waals surface area contributed by atoms with Crippen LogP contribution in [-0.4, -0.2) is 12.5 Å². The number of halogens is 2. The standard InChI is InChI=1S/C15H13F2N3OS/c1-9(10-2-3-12(16)13(17)6-10)19-8-14(21)20-15-11(7-18)4-5-22-15/h2-6,9,19H,8H2,1H3,(H,20,21)/t9-/m0/s1. The van der Waals surface area contributed by atoms with E-state index in [0.29, 0.717) is 16.1 Å². The minimum atomic E-state index is -0.923. The zero-order valence-electron chi connectivity index (χ0n) is 11.7. The number of hydrogen-bond donors (Lipinski definition) is 2. The summed E-state index contributed by atoms with van der Waals surface area (Å²) < 4.78 is 26.0. The lowest BCUT2D eigenvalue weighted by molar-refractivity contribution is -0.115. The monoisotopic (exact) mass is 321 g/mol. The number of anilines is 1. The number of benzene rings is 1. The molecule has 1 aromatic heterocycles. The molecule has 2 N–H and O–H groups in total. The summed E-state index contributed by atoms with van der Waals surface area (Å²) >= 11 is 1.26. The van der Waals surface area contributed by atoms with E-state index in [4.69, 9.17) is 5.26 Å². The van der Waals surface area contributed by atoms with Crippen LogP contribution in [0.15, 0.2) is 29.6 Å². The minimum absolute atomic E-state index is 0.0110. The van der Waals surface area contributed by atoms with Gasteiger partial charge in [0.05, 0.1) is 12.1 Å². The van der Waals surface area contributed by atoms with Crippen molar-refractivity contribution >= 4 is 22.2 Å². The molecule has 0 fully saturated rings. The summed E-state index contributed by atoms with van der Waals surface area (Å²) in [6.07, 6.45) is 0. The smallest absolute Gasteiger partial charge is 0.238 e. The third-order valence-corrected chi connectivity index (χ3v) is 3.88. The van der Waals surface area contributed by atoms with Crippen LogP contribution >= 0.6 is 11.3 Å². The van der Waals surface area contributed by atoms with Crippen molar-refractivity contribution in [3.8, 4) is 6.07 Å². The maximum Gasteiger partial charge on any atom is 0.238 e. The van der Waals surface area contributed by atoms with Crippen LogP contribution in [0, 0.1) is 23.0 Å². The van der Waals surface area contributed by atoms with Crippen LogP contribution in [0.25, 0.3) is 0 Å². The molecular formula is C15H13F2N3OS. The predicted molar refractivity (Wildman–Crippen MR) is 80.4 cm³/mol. The zero-order chi connectivity index (χ0) is 16.1. The van der Waals surface area contributed by atoms with Gasteiger partial charge in [-0.3, -0.25) is 4.79 Å². The van der Waals surface area contributed by atoms with Gasteiger partial charge in [0.15, 0.2) is 11.6 Å². The quantitative estimate of drug-likeness (QED) is 0.889. The molecule has 114 valence electrons. The van der Waals surface area contributed by atoms with Crippen molar-refractivity contribution in [3.63, 3.8) is 0 Å². The summed E-state index contributed by atoms with van der Waals surface area (Å²) in [5, 5.41) is 16.6. The second-order valence-electron chi connectivity index (χ2n) is 4.60. The number of nitrogens with zero attached hydrogens (tertiary/aromatic N) is 1. The van der Waals surface area contributed by atoms with Crippen LogP contribution in [0.1, 0.15) is 24.1 Å². The van der Waals surface area contributed by atoms with Gasteiger partial charge in [-0.15, -0.1) is 11.3 Å². The molecule has 0 bridgehead atoms. The van der Waals surface area contributed by atoms with Crippen LogP contribution in [0.5, 0.6) is 0 Å². The highest BCUT2D eigenvalue weighted by molar-refractivity contribution is 7.14. The fraction of sp³-hybridized carbons (Fsp3) is 0.200. The molecule has 0 saturated carbocycles. The van der Waals surface area contributed by atoms with Crippen molar-refractivity contribution < 1.29 is 13.6 Å². The Bertz CT molecular complexity index is 724. The molecule has 22 heavy (non-hydrogen) atoms. The van der Waals surface area contributed by atoms with Gasteiger partial charge in [0.1, 0.15) is 11.1 Å². The van der Waals surface area contributed by atoms with Gasteiger partial charge >= 0.3 is 0 Å². The van der Waals surface area contributed by atoms with E-state index in [9.17, 15) is 13.6 Å². The molecule has 4 nitrogen and oxygen atoms in total. The van der Waals surface area contributed by atoms with Crippen molar-refractivity contribution in [1.82, 2.24) is 5.32 Å². The van der Waals surface area contributed by atoms with E-state index >= 15 is 0 Å². The molecule has 0 aliphatic carbocycles. The Labute approximate surface area is 130 Å². The number of amides is 1. The minimum Gasteiger partial charge on any atom is -0.315 e. The van der Waals surface area contributed by atoms with Gasteiger partial charge in [-0.1, -0.05) is 6.07 Å². The SMILES string of the molecule is C[C@H](NCC(=O)Nc1sccc1C#N)c1ccc(F)c(F)c1. The van der Waals surface area contributed by atoms with E-state index in [2.05, 4.69) is 10.6 Å². The number of carbonyl (C=O) groups excluding carboxylic acids is 1. The Morgan fingerprint density at radius 2 is 2.14 bits per heavy atom. The Morgan fingerprint density at radius 1 is 1.36 bits per heavy atom. The van der Waals surface area contributed by atoms with E-state index in [1.165, 1.54) is 17.4 Å². The highest BCUT2D eigenvalue weighted by Crippen LogP contribution is 2.22. The average Bonchev–Trinajstić information content (AvgIpc) is 2.94. The van der Waals surface area contributed by atoms with Crippen molar-refractivity contribution in [2.24, 2.45) is 0 Å². The van der Waals surface area contributed by atoms with Gasteiger partial charge in [0.2, 0.25) is 5.91 Å². The third-order valence-electron chi connectivity index (χ3n) is 3.05. The molecular weight excluding hydrogens is 308 g/mol. The number of hydrogen-bond acceptors (Lipinski definition) is 4. The first-order valence-corrected chi connectivity index (χ1v) is 7.35. The third kappa shape index (κ3) is 3.87. The molecule has 2 aromatic rings. The van der Waals surface area contributed by atoms with E-state index in [-0.39, 0.29) is 18.5 Å². The first kappa shape index (κ1) is 16.1. The maximum atomic E-state index is 13.2. The van der Waals surface area contributed by atoms with E-state index in [1.54, 1.807) is 18.4 Å². The Kier molecular flexibility index (Phi) is 5.20. The van der Waals surface area contributed by atoms with Crippen LogP contribution in [0.4, 0.5) is 13.8 Å². The maximum absolute atomic E-state index is 13.2. The molecule has 0 saturated heterocycles. The molecule has 1 atom stereocenters. The van der Waals surface area contributed by atoms with Gasteiger partial charge in [-0.2, -0.15) is 5.26 Å². The average molecular weight is 321 g/mol. The van der Waals surface area contributed by atoms with Crippen molar-refractivity contribution in [3.05, 3.63) is 52.4 Å². The molecule has 0 aliphatic rings. The van der Waals surface area contributed by atoms with E-state index < -0.39 is 11.6 Å². The van der Waals surface area contributed by atoms with Gasteiger partial charge in [0, 0.05) is 6.04 Å². The molecule has 0 unspecified atom stereocenters. The first-order chi connectivity index (χ1) is 10.5. The van der Waals surface area contributed by atoms with Crippen molar-refractivity contribution in [2.45, 2.75) is 13.0 Å². The lowest BCUT2D eigenvalue weighted by Gasteiger charge is -2.14. The van der Waals surface area contributed by atoms with Crippen molar-refractivity contribution in [2.75, 3.05) is 11.9 Å².